The van der Waals surface area contributed by atoms with E-state index in [0.717, 1.165) is 23.0 Å². The Kier molecular flexibility index (Phi) is 5.32. The molecule has 19 heavy (non-hydrogen) atoms. The van der Waals surface area contributed by atoms with Crippen LogP contribution >= 0.6 is 23.4 Å². The fourth-order valence-corrected chi connectivity index (χ4v) is 3.07. The van der Waals surface area contributed by atoms with Gasteiger partial charge in [0.15, 0.2) is 0 Å². The van der Waals surface area contributed by atoms with E-state index in [1.54, 1.807) is 11.8 Å². The normalized spacial score (nSPS) is 10.7. The second-order valence-electron chi connectivity index (χ2n) is 4.46. The van der Waals surface area contributed by atoms with Crippen LogP contribution in [-0.2, 0) is 6.54 Å². The van der Waals surface area contributed by atoms with Crippen LogP contribution in [-0.4, -0.2) is 6.54 Å². The van der Waals surface area contributed by atoms with Crippen LogP contribution in [0.1, 0.15) is 18.1 Å². The first-order valence-corrected chi connectivity index (χ1v) is 7.62. The summed E-state index contributed by atoms with van der Waals surface area (Å²) in [4.78, 5) is 2.33. The molecule has 1 nitrogen and oxygen atoms in total. The summed E-state index contributed by atoms with van der Waals surface area (Å²) in [6, 6.07) is 14.7. The number of nitrogens with one attached hydrogen (secondary N) is 1. The van der Waals surface area contributed by atoms with E-state index in [1.807, 2.05) is 6.07 Å². The highest BCUT2D eigenvalue weighted by molar-refractivity contribution is 7.99. The van der Waals surface area contributed by atoms with Crippen molar-refractivity contribution in [3.8, 4) is 0 Å². The summed E-state index contributed by atoms with van der Waals surface area (Å²) in [7, 11) is 0. The zero-order valence-corrected chi connectivity index (χ0v) is 12.8. The highest BCUT2D eigenvalue weighted by atomic mass is 35.5. The first-order valence-electron chi connectivity index (χ1n) is 6.42. The summed E-state index contributed by atoms with van der Waals surface area (Å²) < 4.78 is 0. The molecular formula is C16H18ClNS. The maximum atomic E-state index is 6.35. The smallest absolute Gasteiger partial charge is 0.0548 e. The van der Waals surface area contributed by atoms with Gasteiger partial charge in [0.05, 0.1) is 5.02 Å². The molecule has 1 N–H and O–H groups in total. The summed E-state index contributed by atoms with van der Waals surface area (Å²) in [5.41, 5.74) is 2.49. The van der Waals surface area contributed by atoms with Crippen LogP contribution in [0.4, 0.5) is 0 Å². The van der Waals surface area contributed by atoms with Gasteiger partial charge in [-0.05, 0) is 43.3 Å². The quantitative estimate of drug-likeness (QED) is 0.840. The number of aryl methyl sites for hydroxylation is 1. The largest absolute Gasteiger partial charge is 0.313 e. The number of hydrogen-bond donors (Lipinski definition) is 1. The van der Waals surface area contributed by atoms with Crippen molar-refractivity contribution in [3.05, 3.63) is 58.6 Å². The summed E-state index contributed by atoms with van der Waals surface area (Å²) in [5.74, 6) is 0. The van der Waals surface area contributed by atoms with E-state index in [2.05, 4.69) is 55.6 Å². The predicted octanol–water partition coefficient (Wildman–Crippen LogP) is 4.91. The summed E-state index contributed by atoms with van der Waals surface area (Å²) in [5, 5.41) is 4.12. The number of halogens is 1. The Bertz CT molecular complexity index is 554. The fourth-order valence-electron chi connectivity index (χ4n) is 1.81. The van der Waals surface area contributed by atoms with Crippen molar-refractivity contribution in [1.29, 1.82) is 0 Å². The van der Waals surface area contributed by atoms with E-state index in [9.17, 15) is 0 Å². The molecule has 0 aliphatic rings. The molecule has 0 saturated carbocycles. The Morgan fingerprint density at radius 2 is 2.00 bits per heavy atom. The molecule has 2 rings (SSSR count). The van der Waals surface area contributed by atoms with E-state index in [-0.39, 0.29) is 0 Å². The zero-order chi connectivity index (χ0) is 13.7. The van der Waals surface area contributed by atoms with Crippen molar-refractivity contribution in [2.45, 2.75) is 30.2 Å². The minimum Gasteiger partial charge on any atom is -0.313 e. The molecule has 0 saturated heterocycles. The summed E-state index contributed by atoms with van der Waals surface area (Å²) in [6.07, 6.45) is 0. The second-order valence-corrected chi connectivity index (χ2v) is 5.99. The molecule has 0 heterocycles. The number of hydrogen-bond acceptors (Lipinski definition) is 2. The molecule has 0 aromatic heterocycles. The van der Waals surface area contributed by atoms with Gasteiger partial charge in [0.2, 0.25) is 0 Å². The fraction of sp³-hybridized carbons (Fsp3) is 0.250. The maximum Gasteiger partial charge on any atom is 0.0548 e. The van der Waals surface area contributed by atoms with Crippen LogP contribution in [0.15, 0.2) is 52.3 Å². The van der Waals surface area contributed by atoms with Gasteiger partial charge in [-0.2, -0.15) is 0 Å². The topological polar surface area (TPSA) is 12.0 Å². The van der Waals surface area contributed by atoms with Gasteiger partial charge in [-0.3, -0.25) is 0 Å². The lowest BCUT2D eigenvalue weighted by molar-refractivity contribution is 0.726. The maximum absolute atomic E-state index is 6.35. The molecule has 2 aromatic carbocycles. The molecule has 0 unspecified atom stereocenters. The lowest BCUT2D eigenvalue weighted by atomic mass is 10.2. The van der Waals surface area contributed by atoms with Gasteiger partial charge in [-0.1, -0.05) is 54.0 Å². The molecular weight excluding hydrogens is 274 g/mol. The third kappa shape index (κ3) is 4.27. The average molecular weight is 292 g/mol. The molecule has 0 bridgehead atoms. The van der Waals surface area contributed by atoms with Crippen molar-refractivity contribution in [1.82, 2.24) is 5.32 Å². The molecule has 100 valence electrons. The van der Waals surface area contributed by atoms with E-state index < -0.39 is 0 Å². The Hall–Kier alpha value is -0.960. The molecule has 0 amide bonds. The molecule has 0 atom stereocenters. The molecule has 3 heteroatoms. The minimum absolute atomic E-state index is 0.821. The third-order valence-corrected chi connectivity index (χ3v) is 4.28. The minimum atomic E-state index is 0.821. The summed E-state index contributed by atoms with van der Waals surface area (Å²) >= 11 is 8.06. The highest BCUT2D eigenvalue weighted by Gasteiger charge is 2.04. The van der Waals surface area contributed by atoms with Gasteiger partial charge in [-0.25, -0.2) is 0 Å². The van der Waals surface area contributed by atoms with Crippen molar-refractivity contribution in [2.75, 3.05) is 6.54 Å². The number of benzene rings is 2. The van der Waals surface area contributed by atoms with Gasteiger partial charge in [-0.15, -0.1) is 0 Å². The van der Waals surface area contributed by atoms with E-state index in [4.69, 9.17) is 11.6 Å². The van der Waals surface area contributed by atoms with E-state index in [1.165, 1.54) is 16.0 Å². The van der Waals surface area contributed by atoms with Gasteiger partial charge in [0, 0.05) is 16.3 Å². The predicted molar refractivity (Wildman–Crippen MR) is 84.1 cm³/mol. The Morgan fingerprint density at radius 1 is 1.16 bits per heavy atom. The van der Waals surface area contributed by atoms with Crippen LogP contribution in [0.3, 0.4) is 0 Å². The average Bonchev–Trinajstić information content (AvgIpc) is 2.39. The van der Waals surface area contributed by atoms with Crippen molar-refractivity contribution in [2.24, 2.45) is 0 Å². The Morgan fingerprint density at radius 3 is 2.68 bits per heavy atom. The Labute approximate surface area is 124 Å². The molecule has 0 spiro atoms. The third-order valence-electron chi connectivity index (χ3n) is 2.79. The van der Waals surface area contributed by atoms with E-state index in [0.29, 0.717) is 0 Å². The molecule has 0 fully saturated rings. The van der Waals surface area contributed by atoms with Crippen LogP contribution in [0, 0.1) is 6.92 Å². The summed E-state index contributed by atoms with van der Waals surface area (Å²) in [6.45, 7) is 6.04. The first kappa shape index (κ1) is 14.4. The van der Waals surface area contributed by atoms with Gasteiger partial charge in [0.1, 0.15) is 0 Å². The van der Waals surface area contributed by atoms with Crippen molar-refractivity contribution < 1.29 is 0 Å². The van der Waals surface area contributed by atoms with Crippen molar-refractivity contribution >= 4 is 23.4 Å². The zero-order valence-electron chi connectivity index (χ0n) is 11.2. The molecule has 0 aliphatic carbocycles. The van der Waals surface area contributed by atoms with Crippen LogP contribution in [0.2, 0.25) is 5.02 Å². The van der Waals surface area contributed by atoms with Gasteiger partial charge >= 0.3 is 0 Å². The van der Waals surface area contributed by atoms with Crippen molar-refractivity contribution in [3.63, 3.8) is 0 Å². The lowest BCUT2D eigenvalue weighted by Crippen LogP contribution is -2.11. The van der Waals surface area contributed by atoms with Crippen LogP contribution in [0.5, 0.6) is 0 Å². The SMILES string of the molecule is CCNCc1ccc(Sc2cccc(C)c2)c(Cl)c1. The molecule has 0 radical (unpaired) electrons. The van der Waals surface area contributed by atoms with Crippen LogP contribution < -0.4 is 5.32 Å². The lowest BCUT2D eigenvalue weighted by Gasteiger charge is -2.08. The molecule has 2 aromatic rings. The first-order chi connectivity index (χ1) is 9.19. The Balaban J connectivity index is 2.13. The standard InChI is InChI=1S/C16H18ClNS/c1-3-18-11-13-7-8-16(15(17)10-13)19-14-6-4-5-12(2)9-14/h4-10,18H,3,11H2,1-2H3. The monoisotopic (exact) mass is 291 g/mol. The number of rotatable bonds is 5. The highest BCUT2D eigenvalue weighted by Crippen LogP contribution is 2.34. The molecule has 0 aliphatic heterocycles. The van der Waals surface area contributed by atoms with Crippen LogP contribution in [0.25, 0.3) is 0 Å². The second kappa shape index (κ2) is 6.99. The van der Waals surface area contributed by atoms with Gasteiger partial charge < -0.3 is 5.32 Å². The van der Waals surface area contributed by atoms with Gasteiger partial charge in [0.25, 0.3) is 0 Å². The van der Waals surface area contributed by atoms with E-state index >= 15 is 0 Å².